The zero-order valence-corrected chi connectivity index (χ0v) is 9.06. The van der Waals surface area contributed by atoms with Gasteiger partial charge in [0.05, 0.1) is 6.04 Å². The summed E-state index contributed by atoms with van der Waals surface area (Å²) in [5, 5.41) is 8.92. The molecule has 15 heavy (non-hydrogen) atoms. The maximum absolute atomic E-state index is 13.0. The number of rotatable bonds is 3. The molecule has 0 heterocycles. The number of nitrogens with two attached hydrogens (primary N) is 1. The SMILES string of the molecule is N[C@@H](c1cc(Cl)cc(Cl)c1)C(F)(F)CO. The van der Waals surface area contributed by atoms with E-state index in [4.69, 9.17) is 34.0 Å². The van der Waals surface area contributed by atoms with Gasteiger partial charge in [-0.1, -0.05) is 23.2 Å². The van der Waals surface area contributed by atoms with Crippen molar-refractivity contribution >= 4 is 23.2 Å². The molecule has 3 N–H and O–H groups in total. The van der Waals surface area contributed by atoms with E-state index in [2.05, 4.69) is 0 Å². The van der Waals surface area contributed by atoms with Crippen molar-refractivity contribution < 1.29 is 13.9 Å². The van der Waals surface area contributed by atoms with Crippen LogP contribution < -0.4 is 5.73 Å². The number of halogens is 4. The van der Waals surface area contributed by atoms with E-state index in [1.54, 1.807) is 0 Å². The molecule has 0 spiro atoms. The molecule has 1 aromatic carbocycles. The van der Waals surface area contributed by atoms with Gasteiger partial charge in [0.25, 0.3) is 5.92 Å². The highest BCUT2D eigenvalue weighted by molar-refractivity contribution is 6.34. The molecule has 1 atom stereocenters. The van der Waals surface area contributed by atoms with Crippen LogP contribution in [0.5, 0.6) is 0 Å². The lowest BCUT2D eigenvalue weighted by atomic mass is 10.0. The van der Waals surface area contributed by atoms with Crippen LogP contribution in [0.1, 0.15) is 11.6 Å². The number of alkyl halides is 2. The normalized spacial score (nSPS) is 14.0. The molecule has 84 valence electrons. The zero-order valence-electron chi connectivity index (χ0n) is 7.55. The lowest BCUT2D eigenvalue weighted by Crippen LogP contribution is -2.36. The van der Waals surface area contributed by atoms with Gasteiger partial charge < -0.3 is 10.8 Å². The van der Waals surface area contributed by atoms with Crippen molar-refractivity contribution in [3.05, 3.63) is 33.8 Å². The van der Waals surface area contributed by atoms with Gasteiger partial charge in [0.15, 0.2) is 0 Å². The average Bonchev–Trinajstić information content (AvgIpc) is 2.15. The number of hydrogen-bond donors (Lipinski definition) is 2. The molecule has 0 fully saturated rings. The third-order valence-electron chi connectivity index (χ3n) is 1.91. The van der Waals surface area contributed by atoms with E-state index in [-0.39, 0.29) is 15.6 Å². The Morgan fingerprint density at radius 3 is 2.13 bits per heavy atom. The van der Waals surface area contributed by atoms with Gasteiger partial charge in [-0.05, 0) is 23.8 Å². The van der Waals surface area contributed by atoms with Crippen LogP contribution in [-0.2, 0) is 0 Å². The second-order valence-corrected chi connectivity index (χ2v) is 3.97. The van der Waals surface area contributed by atoms with Crippen LogP contribution in [0.3, 0.4) is 0 Å². The summed E-state index contributed by atoms with van der Waals surface area (Å²) in [6.45, 7) is -1.32. The Kier molecular flexibility index (Phi) is 3.89. The van der Waals surface area contributed by atoms with Crippen LogP contribution in [0.15, 0.2) is 18.2 Å². The maximum atomic E-state index is 13.0. The Bertz CT molecular complexity index is 340. The minimum atomic E-state index is -3.39. The van der Waals surface area contributed by atoms with Gasteiger partial charge in [-0.3, -0.25) is 0 Å². The molecule has 6 heteroatoms. The molecule has 0 radical (unpaired) electrons. The van der Waals surface area contributed by atoms with E-state index in [9.17, 15) is 8.78 Å². The molecule has 1 aromatic rings. The summed E-state index contributed by atoms with van der Waals surface area (Å²) in [6.07, 6.45) is 0. The van der Waals surface area contributed by atoms with Crippen molar-refractivity contribution in [1.29, 1.82) is 0 Å². The lowest BCUT2D eigenvalue weighted by molar-refractivity contribution is -0.0711. The molecule has 0 bridgehead atoms. The van der Waals surface area contributed by atoms with E-state index in [0.29, 0.717) is 0 Å². The first-order valence-corrected chi connectivity index (χ1v) is 4.82. The number of aliphatic hydroxyl groups excluding tert-OH is 1. The Hall–Kier alpha value is -0.420. The summed E-state index contributed by atoms with van der Waals surface area (Å²) in [4.78, 5) is 0. The Labute approximate surface area is 95.6 Å². The molecule has 0 unspecified atom stereocenters. The van der Waals surface area contributed by atoms with E-state index in [0.717, 1.165) is 0 Å². The van der Waals surface area contributed by atoms with Crippen molar-refractivity contribution in [1.82, 2.24) is 0 Å². The van der Waals surface area contributed by atoms with Crippen molar-refractivity contribution in [2.75, 3.05) is 6.61 Å². The fourth-order valence-corrected chi connectivity index (χ4v) is 1.64. The standard InChI is InChI=1S/C9H9Cl2F2NO/c10-6-1-5(2-7(11)3-6)8(14)9(12,13)4-15/h1-3,8,15H,4,14H2/t8-/m0/s1. The minimum Gasteiger partial charge on any atom is -0.390 e. The highest BCUT2D eigenvalue weighted by Gasteiger charge is 2.37. The van der Waals surface area contributed by atoms with Crippen molar-refractivity contribution in [3.8, 4) is 0 Å². The second-order valence-electron chi connectivity index (χ2n) is 3.10. The molecule has 0 saturated carbocycles. The first-order chi connectivity index (χ1) is 6.86. The van der Waals surface area contributed by atoms with Crippen molar-refractivity contribution in [2.24, 2.45) is 5.73 Å². The van der Waals surface area contributed by atoms with Gasteiger partial charge in [0.2, 0.25) is 0 Å². The third kappa shape index (κ3) is 3.01. The van der Waals surface area contributed by atoms with Crippen LogP contribution in [0.25, 0.3) is 0 Å². The number of aliphatic hydroxyl groups is 1. The second kappa shape index (κ2) is 4.61. The van der Waals surface area contributed by atoms with Crippen LogP contribution in [0.4, 0.5) is 8.78 Å². The van der Waals surface area contributed by atoms with Crippen LogP contribution in [-0.4, -0.2) is 17.6 Å². The summed E-state index contributed by atoms with van der Waals surface area (Å²) in [5.41, 5.74) is 5.38. The van der Waals surface area contributed by atoms with E-state index in [1.807, 2.05) is 0 Å². The fourth-order valence-electron chi connectivity index (χ4n) is 1.10. The molecule has 0 aliphatic rings. The van der Waals surface area contributed by atoms with Crippen LogP contribution in [0.2, 0.25) is 10.0 Å². The van der Waals surface area contributed by atoms with E-state index >= 15 is 0 Å². The van der Waals surface area contributed by atoms with E-state index in [1.165, 1.54) is 18.2 Å². The molecule has 0 amide bonds. The first-order valence-electron chi connectivity index (χ1n) is 4.07. The van der Waals surface area contributed by atoms with Gasteiger partial charge >= 0.3 is 0 Å². The lowest BCUT2D eigenvalue weighted by Gasteiger charge is -2.21. The summed E-state index contributed by atoms with van der Waals surface area (Å²) in [5.74, 6) is -3.39. The largest absolute Gasteiger partial charge is 0.390 e. The molecule has 2 nitrogen and oxygen atoms in total. The fraction of sp³-hybridized carbons (Fsp3) is 0.333. The minimum absolute atomic E-state index is 0.0894. The molecular formula is C9H9Cl2F2NO. The summed E-state index contributed by atoms with van der Waals surface area (Å²) in [7, 11) is 0. The summed E-state index contributed by atoms with van der Waals surface area (Å²) < 4.78 is 26.1. The molecule has 0 aromatic heterocycles. The topological polar surface area (TPSA) is 46.2 Å². The van der Waals surface area contributed by atoms with Gasteiger partial charge in [0, 0.05) is 10.0 Å². The molecule has 0 saturated heterocycles. The third-order valence-corrected chi connectivity index (χ3v) is 2.35. The summed E-state index contributed by atoms with van der Waals surface area (Å²) >= 11 is 11.3. The quantitative estimate of drug-likeness (QED) is 0.873. The number of benzene rings is 1. The smallest absolute Gasteiger partial charge is 0.289 e. The first kappa shape index (κ1) is 12.6. The van der Waals surface area contributed by atoms with Crippen molar-refractivity contribution in [2.45, 2.75) is 12.0 Å². The van der Waals surface area contributed by atoms with E-state index < -0.39 is 18.6 Å². The highest BCUT2D eigenvalue weighted by atomic mass is 35.5. The van der Waals surface area contributed by atoms with Gasteiger partial charge in [-0.25, -0.2) is 8.78 Å². The Morgan fingerprint density at radius 2 is 1.73 bits per heavy atom. The van der Waals surface area contributed by atoms with Crippen molar-refractivity contribution in [3.63, 3.8) is 0 Å². The molecular weight excluding hydrogens is 247 g/mol. The molecule has 0 aliphatic carbocycles. The predicted octanol–water partition coefficient (Wildman–Crippen LogP) is 2.62. The van der Waals surface area contributed by atoms with Crippen LogP contribution in [0, 0.1) is 0 Å². The van der Waals surface area contributed by atoms with Crippen LogP contribution >= 0.6 is 23.2 Å². The Balaban J connectivity index is 3.06. The summed E-state index contributed by atoms with van der Waals surface area (Å²) in [6, 6.07) is 2.37. The Morgan fingerprint density at radius 1 is 1.27 bits per heavy atom. The van der Waals surface area contributed by atoms with Gasteiger partial charge in [0.1, 0.15) is 6.61 Å². The zero-order chi connectivity index (χ0) is 11.6. The van der Waals surface area contributed by atoms with Gasteiger partial charge in [-0.2, -0.15) is 0 Å². The predicted molar refractivity (Wildman–Crippen MR) is 55.4 cm³/mol. The monoisotopic (exact) mass is 255 g/mol. The number of hydrogen-bond acceptors (Lipinski definition) is 2. The highest BCUT2D eigenvalue weighted by Crippen LogP contribution is 2.31. The molecule has 0 aliphatic heterocycles. The average molecular weight is 256 g/mol. The molecule has 1 rings (SSSR count). The maximum Gasteiger partial charge on any atom is 0.289 e. The van der Waals surface area contributed by atoms with Gasteiger partial charge in [-0.15, -0.1) is 0 Å².